The van der Waals surface area contributed by atoms with E-state index in [9.17, 15) is 14.7 Å². The second-order valence-corrected chi connectivity index (χ2v) is 11.7. The van der Waals surface area contributed by atoms with Crippen LogP contribution in [0.1, 0.15) is 55.6 Å². The number of piperidine rings is 1. The second-order valence-electron chi connectivity index (χ2n) is 10.9. The first-order valence-electron chi connectivity index (χ1n) is 13.6. The van der Waals surface area contributed by atoms with E-state index in [1.807, 2.05) is 33.2 Å². The number of benzene rings is 1. The third-order valence-corrected chi connectivity index (χ3v) is 9.19. The quantitative estimate of drug-likeness (QED) is 0.394. The first kappa shape index (κ1) is 25.1. The lowest BCUT2D eigenvalue weighted by Crippen LogP contribution is -2.51. The highest BCUT2D eigenvalue weighted by Gasteiger charge is 2.39. The molecule has 7 nitrogen and oxygen atoms in total. The molecular weight excluding hydrogens is 496 g/mol. The van der Waals surface area contributed by atoms with Gasteiger partial charge in [-0.1, -0.05) is 43.2 Å². The lowest BCUT2D eigenvalue weighted by Gasteiger charge is -2.41. The molecule has 4 aromatic rings. The Morgan fingerprint density at radius 2 is 1.84 bits per heavy atom. The molecule has 1 saturated heterocycles. The van der Waals surface area contributed by atoms with Crippen LogP contribution in [-0.4, -0.2) is 48.7 Å². The van der Waals surface area contributed by atoms with E-state index in [4.69, 9.17) is 0 Å². The van der Waals surface area contributed by atoms with Crippen LogP contribution in [0.5, 0.6) is 0 Å². The van der Waals surface area contributed by atoms with E-state index in [-0.39, 0.29) is 29.8 Å². The summed E-state index contributed by atoms with van der Waals surface area (Å²) in [5.41, 5.74) is 1.91. The van der Waals surface area contributed by atoms with E-state index in [2.05, 4.69) is 40.7 Å². The van der Waals surface area contributed by atoms with Gasteiger partial charge in [0.1, 0.15) is 12.0 Å². The van der Waals surface area contributed by atoms with E-state index in [0.717, 1.165) is 25.7 Å². The molecule has 1 saturated carbocycles. The molecule has 8 heteroatoms. The van der Waals surface area contributed by atoms with E-state index in [1.54, 1.807) is 17.7 Å². The summed E-state index contributed by atoms with van der Waals surface area (Å²) >= 11 is 1.65. The minimum absolute atomic E-state index is 0.00434. The summed E-state index contributed by atoms with van der Waals surface area (Å²) < 4.78 is 3.51. The smallest absolute Gasteiger partial charge is 0.262 e. The van der Waals surface area contributed by atoms with Crippen molar-refractivity contribution in [2.75, 3.05) is 13.1 Å². The summed E-state index contributed by atoms with van der Waals surface area (Å²) in [5, 5.41) is 16.1. The van der Waals surface area contributed by atoms with Crippen molar-refractivity contribution in [1.82, 2.24) is 19.0 Å². The molecular formula is C30H34N4O3S. The number of thiophene rings is 1. The van der Waals surface area contributed by atoms with E-state index in [0.29, 0.717) is 43.5 Å². The zero-order valence-electron chi connectivity index (χ0n) is 21.5. The standard InChI is InChI=1S/C30H34N4O3S/c35-28(25-9-5-4-8-24(25)23-6-2-1-3-7-23)32-15-12-30(37,13-16-32)20-34-21-31-27-26(29(34)36)10-14-33(27)18-22-11-17-38-19-22/h1-3,6-7,10-11,14,17,19,21,24-25,37H,4-5,8-9,12-13,15-16,18,20H2/t24-,25+/m1/s1. The molecule has 0 bridgehead atoms. The SMILES string of the molecule is O=C([C@H]1CCCC[C@@H]1c1ccccc1)N1CCC(O)(Cn2cnc3c(ccn3Cc3ccsc3)c2=O)CC1. The van der Waals surface area contributed by atoms with Crippen molar-refractivity contribution in [1.29, 1.82) is 0 Å². The molecule has 2 aliphatic rings. The summed E-state index contributed by atoms with van der Waals surface area (Å²) in [6.07, 6.45) is 8.57. The number of carbonyl (C=O) groups is 1. The Morgan fingerprint density at radius 3 is 2.61 bits per heavy atom. The van der Waals surface area contributed by atoms with Crippen LogP contribution >= 0.6 is 11.3 Å². The number of amides is 1. The molecule has 0 radical (unpaired) electrons. The predicted octanol–water partition coefficient (Wildman–Crippen LogP) is 4.64. The van der Waals surface area contributed by atoms with Crippen molar-refractivity contribution in [2.24, 2.45) is 5.92 Å². The Bertz CT molecular complexity index is 1450. The lowest BCUT2D eigenvalue weighted by atomic mass is 9.74. The van der Waals surface area contributed by atoms with Gasteiger partial charge in [0.2, 0.25) is 5.91 Å². The molecule has 1 aliphatic carbocycles. The average Bonchev–Trinajstić information content (AvgIpc) is 3.62. The maximum Gasteiger partial charge on any atom is 0.262 e. The Balaban J connectivity index is 1.13. The van der Waals surface area contributed by atoms with Gasteiger partial charge in [0.05, 0.1) is 17.5 Å². The van der Waals surface area contributed by atoms with E-state index < -0.39 is 5.60 Å². The minimum atomic E-state index is -1.04. The highest BCUT2D eigenvalue weighted by atomic mass is 32.1. The molecule has 4 heterocycles. The summed E-state index contributed by atoms with van der Waals surface area (Å²) in [5.74, 6) is 0.485. The van der Waals surface area contributed by atoms with Gasteiger partial charge in [-0.3, -0.25) is 14.2 Å². The molecule has 2 fully saturated rings. The van der Waals surface area contributed by atoms with Gasteiger partial charge in [-0.2, -0.15) is 11.3 Å². The lowest BCUT2D eigenvalue weighted by molar-refractivity contribution is -0.142. The van der Waals surface area contributed by atoms with Crippen molar-refractivity contribution < 1.29 is 9.90 Å². The van der Waals surface area contributed by atoms with E-state index in [1.165, 1.54) is 15.7 Å². The molecule has 2 atom stereocenters. The fourth-order valence-electron chi connectivity index (χ4n) is 6.30. The van der Waals surface area contributed by atoms with Gasteiger partial charge in [-0.15, -0.1) is 0 Å². The van der Waals surface area contributed by atoms with Gasteiger partial charge in [-0.25, -0.2) is 4.98 Å². The normalized spacial score (nSPS) is 21.6. The maximum absolute atomic E-state index is 13.6. The number of likely N-dealkylation sites (tertiary alicyclic amines) is 1. The van der Waals surface area contributed by atoms with Crippen LogP contribution in [0, 0.1) is 5.92 Å². The first-order valence-corrected chi connectivity index (χ1v) is 14.6. The van der Waals surface area contributed by atoms with Crippen molar-refractivity contribution in [3.8, 4) is 0 Å². The van der Waals surface area contributed by atoms with Crippen molar-refractivity contribution in [3.05, 3.63) is 87.2 Å². The topological polar surface area (TPSA) is 80.4 Å². The van der Waals surface area contributed by atoms with Crippen LogP contribution in [0.2, 0.25) is 0 Å². The maximum atomic E-state index is 13.6. The van der Waals surface area contributed by atoms with Gasteiger partial charge >= 0.3 is 0 Å². The van der Waals surface area contributed by atoms with Crippen LogP contribution < -0.4 is 5.56 Å². The van der Waals surface area contributed by atoms with Crippen molar-refractivity contribution in [2.45, 2.75) is 63.1 Å². The van der Waals surface area contributed by atoms with Gasteiger partial charge < -0.3 is 14.6 Å². The molecule has 1 aliphatic heterocycles. The molecule has 198 valence electrons. The van der Waals surface area contributed by atoms with Gasteiger partial charge in [0.25, 0.3) is 5.56 Å². The van der Waals surface area contributed by atoms with Crippen LogP contribution in [0.4, 0.5) is 0 Å². The van der Waals surface area contributed by atoms with Gasteiger partial charge in [0.15, 0.2) is 0 Å². The largest absolute Gasteiger partial charge is 0.388 e. The van der Waals surface area contributed by atoms with Crippen LogP contribution in [-0.2, 0) is 17.9 Å². The summed E-state index contributed by atoms with van der Waals surface area (Å²) in [6, 6.07) is 14.3. The van der Waals surface area contributed by atoms with Crippen LogP contribution in [0.25, 0.3) is 11.0 Å². The molecule has 0 unspecified atom stereocenters. The fourth-order valence-corrected chi connectivity index (χ4v) is 6.96. The monoisotopic (exact) mass is 530 g/mol. The van der Waals surface area contributed by atoms with Crippen molar-refractivity contribution in [3.63, 3.8) is 0 Å². The number of aromatic nitrogens is 3. The van der Waals surface area contributed by atoms with Crippen LogP contribution in [0.15, 0.2) is 70.5 Å². The zero-order chi connectivity index (χ0) is 26.1. The molecule has 6 rings (SSSR count). The molecule has 38 heavy (non-hydrogen) atoms. The van der Waals surface area contributed by atoms with Gasteiger partial charge in [-0.05, 0) is 65.6 Å². The van der Waals surface area contributed by atoms with Crippen LogP contribution in [0.3, 0.4) is 0 Å². The molecule has 0 spiro atoms. The zero-order valence-corrected chi connectivity index (χ0v) is 22.4. The number of hydrogen-bond donors (Lipinski definition) is 1. The molecule has 1 aromatic carbocycles. The predicted molar refractivity (Wildman–Crippen MR) is 149 cm³/mol. The second kappa shape index (κ2) is 10.5. The average molecular weight is 531 g/mol. The number of nitrogens with zero attached hydrogens (tertiary/aromatic N) is 4. The minimum Gasteiger partial charge on any atom is -0.388 e. The third kappa shape index (κ3) is 4.95. The fraction of sp³-hybridized carbons (Fsp3) is 0.433. The third-order valence-electron chi connectivity index (χ3n) is 8.46. The molecule has 1 amide bonds. The summed E-state index contributed by atoms with van der Waals surface area (Å²) in [7, 11) is 0. The Morgan fingerprint density at radius 1 is 1.05 bits per heavy atom. The number of hydrogen-bond acceptors (Lipinski definition) is 5. The van der Waals surface area contributed by atoms with Crippen molar-refractivity contribution >= 4 is 28.3 Å². The Kier molecular flexibility index (Phi) is 6.93. The highest BCUT2D eigenvalue weighted by molar-refractivity contribution is 7.07. The van der Waals surface area contributed by atoms with E-state index >= 15 is 0 Å². The Labute approximate surface area is 226 Å². The number of carbonyl (C=O) groups excluding carboxylic acids is 1. The summed E-state index contributed by atoms with van der Waals surface area (Å²) in [4.78, 5) is 33.4. The summed E-state index contributed by atoms with van der Waals surface area (Å²) in [6.45, 7) is 1.87. The first-order chi connectivity index (χ1) is 18.5. The molecule has 3 aromatic heterocycles. The number of fused-ring (bicyclic) bond motifs is 1. The number of rotatable bonds is 6. The highest BCUT2D eigenvalue weighted by Crippen LogP contribution is 2.39. The van der Waals surface area contributed by atoms with Gasteiger partial charge in [0, 0.05) is 31.7 Å². The molecule has 1 N–H and O–H groups in total. The number of aliphatic hydroxyl groups is 1. The Hall–Kier alpha value is -3.23.